The van der Waals surface area contributed by atoms with Gasteiger partial charge in [-0.05, 0) is 30.0 Å². The van der Waals surface area contributed by atoms with Gasteiger partial charge in [0.2, 0.25) is 11.8 Å². The van der Waals surface area contributed by atoms with Gasteiger partial charge in [0.15, 0.2) is 0 Å². The van der Waals surface area contributed by atoms with Crippen LogP contribution in [0.4, 0.5) is 0 Å². The number of amides is 3. The lowest BCUT2D eigenvalue weighted by molar-refractivity contribution is -0.138. The smallest absolute Gasteiger partial charge is 0.255 e. The summed E-state index contributed by atoms with van der Waals surface area (Å²) < 4.78 is 0. The van der Waals surface area contributed by atoms with Crippen molar-refractivity contribution < 1.29 is 14.4 Å². The van der Waals surface area contributed by atoms with Crippen molar-refractivity contribution in [2.24, 2.45) is 0 Å². The van der Waals surface area contributed by atoms with Crippen LogP contribution < -0.4 is 5.32 Å². The zero-order valence-electron chi connectivity index (χ0n) is 11.6. The second-order valence-electron chi connectivity index (χ2n) is 5.05. The molecule has 6 nitrogen and oxygen atoms in total. The molecule has 1 aromatic carbocycles. The molecule has 108 valence electrons. The Kier molecular flexibility index (Phi) is 3.21. The number of aromatic amines is 1. The third-order valence-electron chi connectivity index (χ3n) is 3.70. The number of hydrogen-bond acceptors (Lipinski definition) is 3. The Morgan fingerprint density at radius 2 is 2.14 bits per heavy atom. The molecule has 3 rings (SSSR count). The fraction of sp³-hybridized carbons (Fsp3) is 0.267. The molecule has 0 aliphatic carbocycles. The van der Waals surface area contributed by atoms with E-state index in [0.29, 0.717) is 12.0 Å². The van der Waals surface area contributed by atoms with Gasteiger partial charge in [0, 0.05) is 17.3 Å². The number of nitrogens with zero attached hydrogens (tertiary/aromatic N) is 1. The fourth-order valence-electron chi connectivity index (χ4n) is 2.63. The Morgan fingerprint density at radius 1 is 1.33 bits per heavy atom. The second kappa shape index (κ2) is 5.05. The highest BCUT2D eigenvalue weighted by atomic mass is 16.2. The minimum Gasteiger partial charge on any atom is -0.361 e. The van der Waals surface area contributed by atoms with Crippen LogP contribution in [0.2, 0.25) is 0 Å². The number of H-pyrrole nitrogens is 1. The number of imide groups is 1. The molecule has 1 aliphatic rings. The van der Waals surface area contributed by atoms with E-state index in [1.165, 1.54) is 4.90 Å². The Morgan fingerprint density at radius 3 is 2.90 bits per heavy atom. The first-order valence-electron chi connectivity index (χ1n) is 6.82. The average molecular weight is 285 g/mol. The molecule has 2 heterocycles. The summed E-state index contributed by atoms with van der Waals surface area (Å²) in [5.74, 6) is -1.16. The van der Waals surface area contributed by atoms with E-state index >= 15 is 0 Å². The first-order valence-corrected chi connectivity index (χ1v) is 6.82. The van der Waals surface area contributed by atoms with Gasteiger partial charge in [-0.1, -0.05) is 13.0 Å². The number of nitrogens with one attached hydrogen (secondary N) is 2. The monoisotopic (exact) mass is 285 g/mol. The molecule has 0 radical (unpaired) electrons. The third-order valence-corrected chi connectivity index (χ3v) is 3.70. The van der Waals surface area contributed by atoms with Gasteiger partial charge >= 0.3 is 0 Å². The van der Waals surface area contributed by atoms with Gasteiger partial charge in [0.05, 0.1) is 0 Å². The summed E-state index contributed by atoms with van der Waals surface area (Å²) in [5.41, 5.74) is 1.31. The van der Waals surface area contributed by atoms with Crippen LogP contribution in [0.15, 0.2) is 30.5 Å². The molecule has 1 fully saturated rings. The van der Waals surface area contributed by atoms with E-state index in [2.05, 4.69) is 10.3 Å². The summed E-state index contributed by atoms with van der Waals surface area (Å²) in [5, 5.41) is 3.27. The minimum absolute atomic E-state index is 0.0914. The highest BCUT2D eigenvalue weighted by molar-refractivity contribution is 6.07. The number of rotatable bonds is 2. The predicted molar refractivity (Wildman–Crippen MR) is 76.6 cm³/mol. The van der Waals surface area contributed by atoms with Gasteiger partial charge < -0.3 is 9.88 Å². The molecule has 1 saturated heterocycles. The number of carbonyl (C=O) groups excluding carboxylic acids is 3. The van der Waals surface area contributed by atoms with Gasteiger partial charge in [0.25, 0.3) is 5.91 Å². The number of carbonyl (C=O) groups is 3. The van der Waals surface area contributed by atoms with Crippen molar-refractivity contribution in [3.05, 3.63) is 36.0 Å². The van der Waals surface area contributed by atoms with Crippen LogP contribution in [-0.4, -0.2) is 40.2 Å². The molecule has 0 saturated carbocycles. The standard InChI is InChI=1S/C15H15N3O3/c1-2-12-14(20)17-13(19)8-18(12)15(21)10-4-3-9-5-6-16-11(9)7-10/h3-7,12,16H,2,8H2,1H3,(H,17,19,20). The highest BCUT2D eigenvalue weighted by Gasteiger charge is 2.35. The first-order chi connectivity index (χ1) is 10.1. The van der Waals surface area contributed by atoms with Gasteiger partial charge in [-0.3, -0.25) is 19.7 Å². The second-order valence-corrected chi connectivity index (χ2v) is 5.05. The lowest BCUT2D eigenvalue weighted by Crippen LogP contribution is -2.59. The van der Waals surface area contributed by atoms with E-state index in [4.69, 9.17) is 0 Å². The normalized spacial score (nSPS) is 18.9. The third kappa shape index (κ3) is 2.29. The summed E-state index contributed by atoms with van der Waals surface area (Å²) in [6.07, 6.45) is 2.27. The predicted octanol–water partition coefficient (Wildman–Crippen LogP) is 1.05. The molecule has 3 amide bonds. The molecule has 2 N–H and O–H groups in total. The van der Waals surface area contributed by atoms with Gasteiger partial charge in [-0.2, -0.15) is 0 Å². The van der Waals surface area contributed by atoms with E-state index in [9.17, 15) is 14.4 Å². The van der Waals surface area contributed by atoms with Crippen molar-refractivity contribution in [1.82, 2.24) is 15.2 Å². The molecule has 6 heteroatoms. The molecule has 2 aromatic rings. The van der Waals surface area contributed by atoms with Crippen molar-refractivity contribution in [3.63, 3.8) is 0 Å². The summed E-state index contributed by atoms with van der Waals surface area (Å²) in [7, 11) is 0. The van der Waals surface area contributed by atoms with Crippen molar-refractivity contribution in [1.29, 1.82) is 0 Å². The molecule has 21 heavy (non-hydrogen) atoms. The Labute approximate surface area is 121 Å². The summed E-state index contributed by atoms with van der Waals surface area (Å²) in [4.78, 5) is 40.3. The van der Waals surface area contributed by atoms with Crippen LogP contribution in [0, 0.1) is 0 Å². The minimum atomic E-state index is -0.602. The van der Waals surface area contributed by atoms with E-state index in [-0.39, 0.29) is 12.5 Å². The van der Waals surface area contributed by atoms with Crippen molar-refractivity contribution >= 4 is 28.6 Å². The molecule has 1 aliphatic heterocycles. The zero-order chi connectivity index (χ0) is 15.0. The summed E-state index contributed by atoms with van der Waals surface area (Å²) >= 11 is 0. The Hall–Kier alpha value is -2.63. The van der Waals surface area contributed by atoms with Crippen molar-refractivity contribution in [2.75, 3.05) is 6.54 Å². The number of aromatic nitrogens is 1. The number of fused-ring (bicyclic) bond motifs is 1. The van der Waals surface area contributed by atoms with Crippen molar-refractivity contribution in [3.8, 4) is 0 Å². The molecule has 1 aromatic heterocycles. The molecule has 0 bridgehead atoms. The summed E-state index contributed by atoms with van der Waals surface area (Å²) in [6, 6.07) is 6.60. The molecular weight excluding hydrogens is 270 g/mol. The first kappa shape index (κ1) is 13.4. The van der Waals surface area contributed by atoms with E-state index < -0.39 is 17.9 Å². The van der Waals surface area contributed by atoms with Crippen LogP contribution in [0.3, 0.4) is 0 Å². The lowest BCUT2D eigenvalue weighted by Gasteiger charge is -2.33. The maximum atomic E-state index is 12.6. The summed E-state index contributed by atoms with van der Waals surface area (Å²) in [6.45, 7) is 1.72. The zero-order valence-corrected chi connectivity index (χ0v) is 11.6. The highest BCUT2D eigenvalue weighted by Crippen LogP contribution is 2.18. The number of hydrogen-bond donors (Lipinski definition) is 2. The topological polar surface area (TPSA) is 82.3 Å². The largest absolute Gasteiger partial charge is 0.361 e. The lowest BCUT2D eigenvalue weighted by atomic mass is 10.1. The van der Waals surface area contributed by atoms with Gasteiger partial charge in [-0.25, -0.2) is 0 Å². The van der Waals surface area contributed by atoms with Crippen LogP contribution in [-0.2, 0) is 9.59 Å². The molecule has 0 spiro atoms. The van der Waals surface area contributed by atoms with Gasteiger partial charge in [-0.15, -0.1) is 0 Å². The number of piperazine rings is 1. The van der Waals surface area contributed by atoms with E-state index in [1.807, 2.05) is 19.1 Å². The maximum absolute atomic E-state index is 12.6. The van der Waals surface area contributed by atoms with Crippen molar-refractivity contribution in [2.45, 2.75) is 19.4 Å². The SMILES string of the molecule is CCC1C(=O)NC(=O)CN1C(=O)c1ccc2cc[nH]c2c1. The van der Waals surface area contributed by atoms with Crippen LogP contribution in [0.1, 0.15) is 23.7 Å². The molecular formula is C15H15N3O3. The fourth-order valence-corrected chi connectivity index (χ4v) is 2.63. The quantitative estimate of drug-likeness (QED) is 0.809. The van der Waals surface area contributed by atoms with Crippen LogP contribution >= 0.6 is 0 Å². The van der Waals surface area contributed by atoms with E-state index in [1.54, 1.807) is 18.3 Å². The Bertz CT molecular complexity index is 735. The maximum Gasteiger partial charge on any atom is 0.255 e. The van der Waals surface area contributed by atoms with Gasteiger partial charge in [0.1, 0.15) is 12.6 Å². The van der Waals surface area contributed by atoms with Crippen LogP contribution in [0.25, 0.3) is 10.9 Å². The number of benzene rings is 1. The van der Waals surface area contributed by atoms with E-state index in [0.717, 1.165) is 10.9 Å². The average Bonchev–Trinajstić information content (AvgIpc) is 2.93. The molecule has 1 unspecified atom stereocenters. The van der Waals surface area contributed by atoms with Crippen LogP contribution in [0.5, 0.6) is 0 Å². The molecule has 1 atom stereocenters. The Balaban J connectivity index is 1.95.